The fourth-order valence-corrected chi connectivity index (χ4v) is 3.90. The third-order valence-corrected chi connectivity index (χ3v) is 5.23. The molecule has 1 fully saturated rings. The van der Waals surface area contributed by atoms with Crippen LogP contribution in [0.25, 0.3) is 10.9 Å². The third-order valence-electron chi connectivity index (χ3n) is 5.23. The van der Waals surface area contributed by atoms with Gasteiger partial charge in [-0.05, 0) is 43.5 Å². The Morgan fingerprint density at radius 1 is 1.08 bits per heavy atom. The molecule has 0 radical (unpaired) electrons. The number of H-pyrrole nitrogens is 1. The summed E-state index contributed by atoms with van der Waals surface area (Å²) < 4.78 is 0. The summed E-state index contributed by atoms with van der Waals surface area (Å²) in [4.78, 5) is 16.6. The highest BCUT2D eigenvalue weighted by Gasteiger charge is 2.24. The predicted molar refractivity (Wildman–Crippen MR) is 98.6 cm³/mol. The number of piperidine rings is 1. The number of benzene rings is 2. The third kappa shape index (κ3) is 3.15. The molecule has 1 aliphatic heterocycles. The zero-order valence-electron chi connectivity index (χ0n) is 14.0. The van der Waals surface area contributed by atoms with E-state index < -0.39 is 0 Å². The van der Waals surface area contributed by atoms with Crippen LogP contribution in [0.5, 0.6) is 0 Å². The molecule has 0 bridgehead atoms. The SMILES string of the molecule is O=[N+]([O-])c1ccccc1CN1CCC(c2c[nH]c3ccccc23)CC1. The highest BCUT2D eigenvalue weighted by Crippen LogP contribution is 2.33. The van der Waals surface area contributed by atoms with Gasteiger partial charge in [-0.15, -0.1) is 0 Å². The van der Waals surface area contributed by atoms with Gasteiger partial charge in [0.05, 0.1) is 4.92 Å². The van der Waals surface area contributed by atoms with Crippen LogP contribution in [0.1, 0.15) is 29.9 Å². The maximum atomic E-state index is 11.2. The van der Waals surface area contributed by atoms with Gasteiger partial charge in [0.2, 0.25) is 0 Å². The van der Waals surface area contributed by atoms with Crippen LogP contribution in [-0.4, -0.2) is 27.9 Å². The van der Waals surface area contributed by atoms with E-state index in [2.05, 4.69) is 40.3 Å². The van der Waals surface area contributed by atoms with Crippen molar-refractivity contribution >= 4 is 16.6 Å². The molecule has 3 aromatic rings. The molecular formula is C20H21N3O2. The Morgan fingerprint density at radius 3 is 2.60 bits per heavy atom. The second kappa shape index (κ2) is 6.69. The highest BCUT2D eigenvalue weighted by atomic mass is 16.6. The molecule has 2 heterocycles. The first-order valence-electron chi connectivity index (χ1n) is 8.73. The lowest BCUT2D eigenvalue weighted by atomic mass is 9.89. The maximum absolute atomic E-state index is 11.2. The summed E-state index contributed by atoms with van der Waals surface area (Å²) in [5, 5.41) is 12.5. The highest BCUT2D eigenvalue weighted by molar-refractivity contribution is 5.83. The van der Waals surface area contributed by atoms with E-state index in [1.807, 2.05) is 12.1 Å². The summed E-state index contributed by atoms with van der Waals surface area (Å²) in [7, 11) is 0. The molecule has 1 saturated heterocycles. The van der Waals surface area contributed by atoms with E-state index in [1.165, 1.54) is 16.5 Å². The van der Waals surface area contributed by atoms with Crippen LogP contribution in [-0.2, 0) is 6.54 Å². The molecule has 0 atom stereocenters. The quantitative estimate of drug-likeness (QED) is 0.566. The predicted octanol–water partition coefficient (Wildman–Crippen LogP) is 4.46. The Bertz CT molecular complexity index is 895. The van der Waals surface area contributed by atoms with Crippen molar-refractivity contribution in [3.63, 3.8) is 0 Å². The van der Waals surface area contributed by atoms with Gasteiger partial charge in [-0.3, -0.25) is 15.0 Å². The number of nitrogens with zero attached hydrogens (tertiary/aromatic N) is 2. The summed E-state index contributed by atoms with van der Waals surface area (Å²) >= 11 is 0. The van der Waals surface area contributed by atoms with Crippen molar-refractivity contribution in [2.75, 3.05) is 13.1 Å². The molecule has 1 N–H and O–H groups in total. The number of aromatic amines is 1. The van der Waals surface area contributed by atoms with Crippen LogP contribution < -0.4 is 0 Å². The van der Waals surface area contributed by atoms with Gasteiger partial charge in [0.15, 0.2) is 0 Å². The largest absolute Gasteiger partial charge is 0.361 e. The van der Waals surface area contributed by atoms with Crippen molar-refractivity contribution < 1.29 is 4.92 Å². The topological polar surface area (TPSA) is 62.2 Å². The van der Waals surface area contributed by atoms with Gasteiger partial charge in [0, 0.05) is 35.3 Å². The van der Waals surface area contributed by atoms with Crippen LogP contribution in [0.15, 0.2) is 54.7 Å². The summed E-state index contributed by atoms with van der Waals surface area (Å²) in [6, 6.07) is 15.5. The molecule has 0 amide bonds. The fraction of sp³-hybridized carbons (Fsp3) is 0.300. The van der Waals surface area contributed by atoms with Crippen molar-refractivity contribution in [3.8, 4) is 0 Å². The Balaban J connectivity index is 1.45. The molecule has 25 heavy (non-hydrogen) atoms. The van der Waals surface area contributed by atoms with Gasteiger partial charge < -0.3 is 4.98 Å². The number of fused-ring (bicyclic) bond motifs is 1. The first kappa shape index (κ1) is 15.8. The lowest BCUT2D eigenvalue weighted by Crippen LogP contribution is -2.32. The first-order chi connectivity index (χ1) is 12.2. The average molecular weight is 335 g/mol. The van der Waals surface area contributed by atoms with E-state index in [0.29, 0.717) is 12.5 Å². The molecular weight excluding hydrogens is 314 g/mol. The van der Waals surface area contributed by atoms with Crippen molar-refractivity contribution in [1.29, 1.82) is 0 Å². The number of rotatable bonds is 4. The zero-order chi connectivity index (χ0) is 17.2. The summed E-state index contributed by atoms with van der Waals surface area (Å²) in [6.07, 6.45) is 4.32. The minimum absolute atomic E-state index is 0.223. The molecule has 0 saturated carbocycles. The number of hydrogen-bond acceptors (Lipinski definition) is 3. The van der Waals surface area contributed by atoms with E-state index in [-0.39, 0.29) is 10.6 Å². The minimum atomic E-state index is -0.284. The Hall–Kier alpha value is -2.66. The molecule has 5 nitrogen and oxygen atoms in total. The van der Waals surface area contributed by atoms with Crippen molar-refractivity contribution in [2.24, 2.45) is 0 Å². The van der Waals surface area contributed by atoms with Crippen molar-refractivity contribution in [3.05, 3.63) is 76.0 Å². The molecule has 2 aromatic carbocycles. The molecule has 4 rings (SSSR count). The Morgan fingerprint density at radius 2 is 1.80 bits per heavy atom. The Kier molecular flexibility index (Phi) is 4.24. The van der Waals surface area contributed by atoms with Gasteiger partial charge in [0.25, 0.3) is 5.69 Å². The van der Waals surface area contributed by atoms with E-state index in [1.54, 1.807) is 12.1 Å². The summed E-state index contributed by atoms with van der Waals surface area (Å²) in [6.45, 7) is 2.59. The molecule has 0 aliphatic carbocycles. The van der Waals surface area contributed by atoms with E-state index in [4.69, 9.17) is 0 Å². The van der Waals surface area contributed by atoms with Gasteiger partial charge in [-0.2, -0.15) is 0 Å². The standard InChI is InChI=1S/C20H21N3O2/c24-23(25)20-8-4-1-5-16(20)14-22-11-9-15(10-12-22)18-13-21-19-7-3-2-6-17(18)19/h1-8,13,15,21H,9-12,14H2. The fourth-order valence-electron chi connectivity index (χ4n) is 3.90. The molecule has 1 aliphatic rings. The number of nitro benzene ring substituents is 1. The number of aromatic nitrogens is 1. The number of nitrogens with one attached hydrogen (secondary N) is 1. The molecule has 0 spiro atoms. The monoisotopic (exact) mass is 335 g/mol. The lowest BCUT2D eigenvalue weighted by molar-refractivity contribution is -0.385. The number of nitro groups is 1. The van der Waals surface area contributed by atoms with Gasteiger partial charge in [-0.25, -0.2) is 0 Å². The average Bonchev–Trinajstić information content (AvgIpc) is 3.07. The van der Waals surface area contributed by atoms with Crippen molar-refractivity contribution in [2.45, 2.75) is 25.3 Å². The smallest absolute Gasteiger partial charge is 0.273 e. The van der Waals surface area contributed by atoms with Gasteiger partial charge in [-0.1, -0.05) is 36.4 Å². The van der Waals surface area contributed by atoms with E-state index in [0.717, 1.165) is 31.5 Å². The lowest BCUT2D eigenvalue weighted by Gasteiger charge is -2.31. The van der Waals surface area contributed by atoms with Crippen LogP contribution in [0.4, 0.5) is 5.69 Å². The summed E-state index contributed by atoms with van der Waals surface area (Å²) in [5.41, 5.74) is 3.63. The van der Waals surface area contributed by atoms with E-state index in [9.17, 15) is 10.1 Å². The summed E-state index contributed by atoms with van der Waals surface area (Å²) in [5.74, 6) is 0.554. The van der Waals surface area contributed by atoms with Crippen LogP contribution >= 0.6 is 0 Å². The van der Waals surface area contributed by atoms with Crippen LogP contribution in [0, 0.1) is 10.1 Å². The normalized spacial score (nSPS) is 16.3. The second-order valence-corrected chi connectivity index (χ2v) is 6.73. The van der Waals surface area contributed by atoms with Crippen LogP contribution in [0.2, 0.25) is 0 Å². The van der Waals surface area contributed by atoms with Crippen molar-refractivity contribution in [1.82, 2.24) is 9.88 Å². The minimum Gasteiger partial charge on any atom is -0.361 e. The Labute approximate surface area is 146 Å². The van der Waals surface area contributed by atoms with E-state index >= 15 is 0 Å². The molecule has 1 aromatic heterocycles. The van der Waals surface area contributed by atoms with Gasteiger partial charge in [0.1, 0.15) is 0 Å². The second-order valence-electron chi connectivity index (χ2n) is 6.73. The van der Waals surface area contributed by atoms with Gasteiger partial charge >= 0.3 is 0 Å². The first-order valence-corrected chi connectivity index (χ1v) is 8.73. The molecule has 128 valence electrons. The molecule has 5 heteroatoms. The number of likely N-dealkylation sites (tertiary alicyclic amines) is 1. The zero-order valence-corrected chi connectivity index (χ0v) is 14.0. The molecule has 0 unspecified atom stereocenters. The number of para-hydroxylation sites is 2. The van der Waals surface area contributed by atoms with Crippen LogP contribution in [0.3, 0.4) is 0 Å². The number of hydrogen-bond donors (Lipinski definition) is 1. The maximum Gasteiger partial charge on any atom is 0.273 e.